The standard InChI is InChI=1S/C16H17ClN4/c1-2-7-21-14-6-4-3-5-13(14)20-15(21)9-11-8-12(17)10-19-16(11)18/h3-6,8,10H,2,7,9H2,1H3,(H2,18,19). The van der Waals surface area contributed by atoms with E-state index >= 15 is 0 Å². The number of hydrogen-bond acceptors (Lipinski definition) is 3. The van der Waals surface area contributed by atoms with Crippen molar-refractivity contribution in [2.45, 2.75) is 26.3 Å². The summed E-state index contributed by atoms with van der Waals surface area (Å²) < 4.78 is 2.25. The number of rotatable bonds is 4. The average Bonchev–Trinajstić information content (AvgIpc) is 2.81. The molecule has 4 nitrogen and oxygen atoms in total. The van der Waals surface area contributed by atoms with E-state index in [1.807, 2.05) is 24.3 Å². The molecule has 108 valence electrons. The Morgan fingerprint density at radius 1 is 1.29 bits per heavy atom. The van der Waals surface area contributed by atoms with Crippen molar-refractivity contribution in [3.63, 3.8) is 0 Å². The molecule has 0 spiro atoms. The smallest absolute Gasteiger partial charge is 0.127 e. The second-order valence-corrected chi connectivity index (χ2v) is 5.48. The van der Waals surface area contributed by atoms with Crippen LogP contribution in [0, 0.1) is 0 Å². The van der Waals surface area contributed by atoms with Gasteiger partial charge in [-0.25, -0.2) is 9.97 Å². The second-order valence-electron chi connectivity index (χ2n) is 5.04. The van der Waals surface area contributed by atoms with Gasteiger partial charge in [0.1, 0.15) is 11.6 Å². The summed E-state index contributed by atoms with van der Waals surface area (Å²) in [5.74, 6) is 1.50. The Morgan fingerprint density at radius 2 is 2.10 bits per heavy atom. The molecule has 0 bridgehead atoms. The van der Waals surface area contributed by atoms with E-state index in [2.05, 4.69) is 22.5 Å². The molecule has 5 heteroatoms. The van der Waals surface area contributed by atoms with Gasteiger partial charge >= 0.3 is 0 Å². The summed E-state index contributed by atoms with van der Waals surface area (Å²) in [6.45, 7) is 3.09. The molecule has 3 rings (SSSR count). The van der Waals surface area contributed by atoms with Crippen molar-refractivity contribution < 1.29 is 0 Å². The number of para-hydroxylation sites is 2. The second kappa shape index (κ2) is 5.74. The van der Waals surface area contributed by atoms with Crippen molar-refractivity contribution in [1.82, 2.24) is 14.5 Å². The van der Waals surface area contributed by atoms with E-state index in [1.54, 1.807) is 6.20 Å². The van der Waals surface area contributed by atoms with Crippen molar-refractivity contribution in [1.29, 1.82) is 0 Å². The molecule has 3 aromatic rings. The molecule has 0 radical (unpaired) electrons. The van der Waals surface area contributed by atoms with Gasteiger partial charge in [-0.05, 0) is 24.6 Å². The zero-order valence-corrected chi connectivity index (χ0v) is 12.6. The average molecular weight is 301 g/mol. The summed E-state index contributed by atoms with van der Waals surface area (Å²) in [5.41, 5.74) is 9.03. The van der Waals surface area contributed by atoms with Crippen molar-refractivity contribution in [2.75, 3.05) is 5.73 Å². The summed E-state index contributed by atoms with van der Waals surface area (Å²) >= 11 is 6.02. The largest absolute Gasteiger partial charge is 0.383 e. The van der Waals surface area contributed by atoms with E-state index in [0.717, 1.165) is 35.4 Å². The van der Waals surface area contributed by atoms with Crippen LogP contribution in [0.3, 0.4) is 0 Å². The lowest BCUT2D eigenvalue weighted by Gasteiger charge is -2.09. The number of halogens is 1. The predicted molar refractivity (Wildman–Crippen MR) is 86.5 cm³/mol. The Hall–Kier alpha value is -2.07. The van der Waals surface area contributed by atoms with E-state index < -0.39 is 0 Å². The van der Waals surface area contributed by atoms with Crippen LogP contribution >= 0.6 is 11.6 Å². The fourth-order valence-corrected chi connectivity index (χ4v) is 2.72. The lowest BCUT2D eigenvalue weighted by Crippen LogP contribution is -2.06. The van der Waals surface area contributed by atoms with Gasteiger partial charge in [0.2, 0.25) is 0 Å². The van der Waals surface area contributed by atoms with Crippen LogP contribution in [0.4, 0.5) is 5.82 Å². The van der Waals surface area contributed by atoms with Crippen molar-refractivity contribution in [3.8, 4) is 0 Å². The summed E-state index contributed by atoms with van der Waals surface area (Å²) in [4.78, 5) is 8.85. The minimum absolute atomic E-state index is 0.509. The summed E-state index contributed by atoms with van der Waals surface area (Å²) in [7, 11) is 0. The third-order valence-corrected chi connectivity index (χ3v) is 3.70. The van der Waals surface area contributed by atoms with Gasteiger partial charge in [0, 0.05) is 24.7 Å². The first-order chi connectivity index (χ1) is 10.2. The van der Waals surface area contributed by atoms with Crippen molar-refractivity contribution in [3.05, 3.63) is 52.9 Å². The van der Waals surface area contributed by atoms with Crippen LogP contribution in [0.15, 0.2) is 36.5 Å². The Bertz CT molecular complexity index is 779. The first kappa shape index (κ1) is 13.9. The topological polar surface area (TPSA) is 56.7 Å². The van der Waals surface area contributed by atoms with Gasteiger partial charge in [-0.3, -0.25) is 0 Å². The molecule has 2 heterocycles. The molecule has 0 saturated heterocycles. The van der Waals surface area contributed by atoms with Crippen LogP contribution in [0.1, 0.15) is 24.7 Å². The molecule has 0 unspecified atom stereocenters. The quantitative estimate of drug-likeness (QED) is 0.800. The van der Waals surface area contributed by atoms with Crippen LogP contribution in [0.25, 0.3) is 11.0 Å². The lowest BCUT2D eigenvalue weighted by molar-refractivity contribution is 0.664. The van der Waals surface area contributed by atoms with E-state index in [0.29, 0.717) is 17.3 Å². The molecular formula is C16H17ClN4. The third-order valence-electron chi connectivity index (χ3n) is 3.50. The fourth-order valence-electron chi connectivity index (χ4n) is 2.54. The van der Waals surface area contributed by atoms with Crippen LogP contribution < -0.4 is 5.73 Å². The van der Waals surface area contributed by atoms with Gasteiger partial charge in [-0.15, -0.1) is 0 Å². The van der Waals surface area contributed by atoms with Crippen molar-refractivity contribution in [2.24, 2.45) is 0 Å². The van der Waals surface area contributed by atoms with Gasteiger partial charge in [-0.1, -0.05) is 30.7 Å². The number of fused-ring (bicyclic) bond motifs is 1. The monoisotopic (exact) mass is 300 g/mol. The first-order valence-corrected chi connectivity index (χ1v) is 7.41. The van der Waals surface area contributed by atoms with Crippen LogP contribution in [-0.4, -0.2) is 14.5 Å². The maximum atomic E-state index is 6.02. The normalized spacial score (nSPS) is 11.1. The van der Waals surface area contributed by atoms with E-state index in [1.165, 1.54) is 0 Å². The minimum atomic E-state index is 0.509. The fraction of sp³-hybridized carbons (Fsp3) is 0.250. The zero-order valence-electron chi connectivity index (χ0n) is 11.9. The number of hydrogen-bond donors (Lipinski definition) is 1. The predicted octanol–water partition coefficient (Wildman–Crippen LogP) is 3.67. The van der Waals surface area contributed by atoms with Gasteiger partial charge in [0.05, 0.1) is 16.1 Å². The molecule has 1 aromatic carbocycles. The summed E-state index contributed by atoms with van der Waals surface area (Å²) in [6, 6.07) is 10.0. The Labute approximate surface area is 128 Å². The molecule has 0 atom stereocenters. The SMILES string of the molecule is CCCn1c(Cc2cc(Cl)cnc2N)nc2ccccc21. The number of aromatic nitrogens is 3. The Morgan fingerprint density at radius 3 is 2.90 bits per heavy atom. The number of pyridine rings is 1. The van der Waals surface area contributed by atoms with Gasteiger partial charge in [-0.2, -0.15) is 0 Å². The first-order valence-electron chi connectivity index (χ1n) is 7.03. The molecule has 21 heavy (non-hydrogen) atoms. The summed E-state index contributed by atoms with van der Waals surface area (Å²) in [5, 5.41) is 0.595. The number of nitrogens with zero attached hydrogens (tertiary/aromatic N) is 3. The van der Waals surface area contributed by atoms with Gasteiger partial charge in [0.15, 0.2) is 0 Å². The Balaban J connectivity index is 2.07. The molecule has 0 saturated carbocycles. The lowest BCUT2D eigenvalue weighted by atomic mass is 10.2. The zero-order chi connectivity index (χ0) is 14.8. The van der Waals surface area contributed by atoms with Gasteiger partial charge < -0.3 is 10.3 Å². The maximum Gasteiger partial charge on any atom is 0.127 e. The molecule has 0 aliphatic heterocycles. The molecule has 0 aliphatic rings. The molecule has 2 aromatic heterocycles. The maximum absolute atomic E-state index is 6.02. The minimum Gasteiger partial charge on any atom is -0.383 e. The molecule has 0 aliphatic carbocycles. The molecule has 2 N–H and O–H groups in total. The highest BCUT2D eigenvalue weighted by Crippen LogP contribution is 2.22. The molecule has 0 amide bonds. The van der Waals surface area contributed by atoms with E-state index in [4.69, 9.17) is 22.3 Å². The van der Waals surface area contributed by atoms with Crippen LogP contribution in [0.2, 0.25) is 5.02 Å². The van der Waals surface area contributed by atoms with E-state index in [-0.39, 0.29) is 0 Å². The highest BCUT2D eigenvalue weighted by Gasteiger charge is 2.12. The van der Waals surface area contributed by atoms with Gasteiger partial charge in [0.25, 0.3) is 0 Å². The van der Waals surface area contributed by atoms with Crippen LogP contribution in [-0.2, 0) is 13.0 Å². The molecular weight excluding hydrogens is 284 g/mol. The summed E-state index contributed by atoms with van der Waals surface area (Å²) in [6.07, 6.45) is 3.25. The number of anilines is 1. The number of benzene rings is 1. The Kier molecular flexibility index (Phi) is 3.80. The van der Waals surface area contributed by atoms with E-state index in [9.17, 15) is 0 Å². The number of aryl methyl sites for hydroxylation is 1. The van der Waals surface area contributed by atoms with Crippen molar-refractivity contribution >= 4 is 28.5 Å². The number of nitrogen functional groups attached to an aromatic ring is 1. The highest BCUT2D eigenvalue weighted by molar-refractivity contribution is 6.30. The highest BCUT2D eigenvalue weighted by atomic mass is 35.5. The third kappa shape index (κ3) is 2.72. The molecule has 0 fully saturated rings. The number of imidazole rings is 1. The number of nitrogens with two attached hydrogens (primary N) is 1. The van der Waals surface area contributed by atoms with Crippen LogP contribution in [0.5, 0.6) is 0 Å².